The zero-order valence-electron chi connectivity index (χ0n) is 13.9. The van der Waals surface area contributed by atoms with Gasteiger partial charge in [0.2, 0.25) is 15.9 Å². The van der Waals surface area contributed by atoms with E-state index < -0.39 is 10.0 Å². The Morgan fingerprint density at radius 2 is 1.79 bits per heavy atom. The lowest BCUT2D eigenvalue weighted by Gasteiger charge is -2.09. The van der Waals surface area contributed by atoms with E-state index >= 15 is 0 Å². The number of unbranched alkanes of at least 4 members (excludes halogenated alkanes) is 1. The summed E-state index contributed by atoms with van der Waals surface area (Å²) in [4.78, 5) is 11.8. The first-order valence-corrected chi connectivity index (χ1v) is 9.75. The number of rotatable bonds is 10. The fourth-order valence-corrected chi connectivity index (χ4v) is 3.37. The number of halogens is 1. The summed E-state index contributed by atoms with van der Waals surface area (Å²) >= 11 is 0. The first-order valence-electron chi connectivity index (χ1n) is 8.09. The molecule has 1 saturated carbocycles. The van der Waals surface area contributed by atoms with Gasteiger partial charge in [0, 0.05) is 11.4 Å². The third kappa shape index (κ3) is 7.99. The van der Waals surface area contributed by atoms with Crippen LogP contribution < -0.4 is 15.4 Å². The lowest BCUT2D eigenvalue weighted by molar-refractivity contribution is -0.115. The fraction of sp³-hybridized carbons (Fsp3) is 0.562. The van der Waals surface area contributed by atoms with Gasteiger partial charge in [-0.3, -0.25) is 9.52 Å². The molecule has 1 aromatic carbocycles. The molecular weight excluding hydrogens is 350 g/mol. The van der Waals surface area contributed by atoms with E-state index in [1.807, 2.05) is 6.92 Å². The minimum atomic E-state index is -3.29. The van der Waals surface area contributed by atoms with Crippen LogP contribution in [0.3, 0.4) is 0 Å². The van der Waals surface area contributed by atoms with Gasteiger partial charge in [-0.15, -0.1) is 12.4 Å². The van der Waals surface area contributed by atoms with Crippen LogP contribution in [0.1, 0.15) is 32.6 Å². The van der Waals surface area contributed by atoms with Crippen LogP contribution in [0.15, 0.2) is 24.3 Å². The maximum atomic E-state index is 11.8. The van der Waals surface area contributed by atoms with E-state index in [0.717, 1.165) is 18.9 Å². The topological polar surface area (TPSA) is 87.3 Å². The Labute approximate surface area is 150 Å². The number of carbonyl (C=O) groups is 1. The zero-order valence-corrected chi connectivity index (χ0v) is 15.5. The van der Waals surface area contributed by atoms with Gasteiger partial charge in [0.15, 0.2) is 0 Å². The van der Waals surface area contributed by atoms with Crippen molar-refractivity contribution in [1.29, 1.82) is 0 Å². The van der Waals surface area contributed by atoms with Gasteiger partial charge in [-0.1, -0.05) is 13.3 Å². The summed E-state index contributed by atoms with van der Waals surface area (Å²) in [7, 11) is -3.29. The van der Waals surface area contributed by atoms with Crippen LogP contribution in [0.25, 0.3) is 0 Å². The SMILES string of the molecule is CCCCS(=O)(=O)Nc1ccc(NC(=O)CNCC2CC2)cc1.Cl. The Morgan fingerprint density at radius 1 is 1.17 bits per heavy atom. The van der Waals surface area contributed by atoms with Gasteiger partial charge >= 0.3 is 0 Å². The largest absolute Gasteiger partial charge is 0.325 e. The quantitative estimate of drug-likeness (QED) is 0.586. The number of carbonyl (C=O) groups excluding carboxylic acids is 1. The lowest BCUT2D eigenvalue weighted by atomic mass is 10.3. The van der Waals surface area contributed by atoms with Crippen molar-refractivity contribution in [2.45, 2.75) is 32.6 Å². The maximum Gasteiger partial charge on any atom is 0.238 e. The first-order chi connectivity index (χ1) is 11.0. The van der Waals surface area contributed by atoms with Gasteiger partial charge < -0.3 is 10.6 Å². The van der Waals surface area contributed by atoms with E-state index in [9.17, 15) is 13.2 Å². The summed E-state index contributed by atoms with van der Waals surface area (Å²) in [6.07, 6.45) is 3.98. The second kappa shape index (κ2) is 9.86. The molecule has 0 saturated heterocycles. The molecule has 1 aromatic rings. The molecule has 8 heteroatoms. The van der Waals surface area contributed by atoms with Crippen LogP contribution in [0.4, 0.5) is 11.4 Å². The standard InChI is InChI=1S/C16H25N3O3S.ClH/c1-2-3-10-23(21,22)19-15-8-6-14(7-9-15)18-16(20)12-17-11-13-4-5-13;/h6-9,13,17,19H,2-5,10-12H2,1H3,(H,18,20);1H. The number of benzene rings is 1. The normalized spacial score (nSPS) is 13.9. The molecule has 0 aromatic heterocycles. The third-order valence-electron chi connectivity index (χ3n) is 3.62. The van der Waals surface area contributed by atoms with Crippen LogP contribution in [-0.4, -0.2) is 33.2 Å². The summed E-state index contributed by atoms with van der Waals surface area (Å²) in [5.41, 5.74) is 1.16. The third-order valence-corrected chi connectivity index (χ3v) is 5.00. The Balaban J connectivity index is 0.00000288. The minimum absolute atomic E-state index is 0. The molecule has 0 radical (unpaired) electrons. The summed E-state index contributed by atoms with van der Waals surface area (Å²) in [6.45, 7) is 3.14. The molecule has 0 spiro atoms. The second-order valence-electron chi connectivity index (χ2n) is 5.97. The number of sulfonamides is 1. The van der Waals surface area contributed by atoms with E-state index in [0.29, 0.717) is 24.3 Å². The number of amides is 1. The maximum absolute atomic E-state index is 11.8. The highest BCUT2D eigenvalue weighted by molar-refractivity contribution is 7.92. The van der Waals surface area contributed by atoms with Crippen molar-refractivity contribution < 1.29 is 13.2 Å². The van der Waals surface area contributed by atoms with Crippen LogP contribution in [0.2, 0.25) is 0 Å². The van der Waals surface area contributed by atoms with Gasteiger partial charge in [-0.25, -0.2) is 8.42 Å². The molecule has 0 unspecified atom stereocenters. The van der Waals surface area contributed by atoms with E-state index in [1.165, 1.54) is 12.8 Å². The average molecular weight is 376 g/mol. The van der Waals surface area contributed by atoms with Gasteiger partial charge in [0.1, 0.15) is 0 Å². The molecule has 0 bridgehead atoms. The van der Waals surface area contributed by atoms with Gasteiger partial charge in [-0.05, 0) is 56.0 Å². The van der Waals surface area contributed by atoms with Crippen molar-refractivity contribution in [1.82, 2.24) is 5.32 Å². The van der Waals surface area contributed by atoms with Crippen molar-refractivity contribution in [3.63, 3.8) is 0 Å². The highest BCUT2D eigenvalue weighted by Gasteiger charge is 2.20. The summed E-state index contributed by atoms with van der Waals surface area (Å²) in [5.74, 6) is 0.763. The van der Waals surface area contributed by atoms with Gasteiger partial charge in [0.25, 0.3) is 0 Å². The monoisotopic (exact) mass is 375 g/mol. The summed E-state index contributed by atoms with van der Waals surface area (Å²) in [5, 5.41) is 5.91. The van der Waals surface area contributed by atoms with E-state index in [2.05, 4.69) is 15.4 Å². The highest BCUT2D eigenvalue weighted by atomic mass is 35.5. The number of nitrogens with one attached hydrogen (secondary N) is 3. The van der Waals surface area contributed by atoms with E-state index in [4.69, 9.17) is 0 Å². The smallest absolute Gasteiger partial charge is 0.238 e. The Bertz CT molecular complexity index is 616. The van der Waals surface area contributed by atoms with Crippen LogP contribution in [0.5, 0.6) is 0 Å². The van der Waals surface area contributed by atoms with Gasteiger partial charge in [-0.2, -0.15) is 0 Å². The van der Waals surface area contributed by atoms with Crippen molar-refractivity contribution in [2.75, 3.05) is 28.9 Å². The number of anilines is 2. The Hall–Kier alpha value is -1.31. The molecule has 136 valence electrons. The van der Waals surface area contributed by atoms with E-state index in [-0.39, 0.29) is 24.1 Å². The van der Waals surface area contributed by atoms with Crippen molar-refractivity contribution >= 4 is 39.7 Å². The zero-order chi connectivity index (χ0) is 16.7. The summed E-state index contributed by atoms with van der Waals surface area (Å²) in [6, 6.07) is 6.68. The summed E-state index contributed by atoms with van der Waals surface area (Å²) < 4.78 is 26.2. The van der Waals surface area contributed by atoms with Crippen molar-refractivity contribution in [2.24, 2.45) is 5.92 Å². The van der Waals surface area contributed by atoms with Gasteiger partial charge in [0.05, 0.1) is 12.3 Å². The first kappa shape index (κ1) is 20.7. The molecule has 3 N–H and O–H groups in total. The number of hydrogen-bond acceptors (Lipinski definition) is 4. The van der Waals surface area contributed by atoms with Crippen molar-refractivity contribution in [3.8, 4) is 0 Å². The minimum Gasteiger partial charge on any atom is -0.325 e. The molecule has 1 aliphatic rings. The molecule has 24 heavy (non-hydrogen) atoms. The predicted molar refractivity (Wildman–Crippen MR) is 100 cm³/mol. The highest BCUT2D eigenvalue weighted by Crippen LogP contribution is 2.27. The van der Waals surface area contributed by atoms with Crippen LogP contribution >= 0.6 is 12.4 Å². The van der Waals surface area contributed by atoms with E-state index in [1.54, 1.807) is 24.3 Å². The molecular formula is C16H26ClN3O3S. The van der Waals surface area contributed by atoms with Crippen LogP contribution in [0, 0.1) is 5.92 Å². The second-order valence-corrected chi connectivity index (χ2v) is 7.82. The molecule has 2 rings (SSSR count). The Morgan fingerprint density at radius 3 is 2.38 bits per heavy atom. The average Bonchev–Trinajstić information content (AvgIpc) is 3.31. The molecule has 1 fully saturated rings. The molecule has 0 heterocycles. The lowest BCUT2D eigenvalue weighted by Crippen LogP contribution is -2.29. The fourth-order valence-electron chi connectivity index (χ4n) is 2.10. The Kier molecular flexibility index (Phi) is 8.52. The predicted octanol–water partition coefficient (Wildman–Crippen LogP) is 2.59. The van der Waals surface area contributed by atoms with Crippen LogP contribution in [-0.2, 0) is 14.8 Å². The molecule has 0 atom stereocenters. The molecule has 0 aliphatic heterocycles. The molecule has 1 aliphatic carbocycles. The molecule has 1 amide bonds. The number of hydrogen-bond donors (Lipinski definition) is 3. The molecule has 6 nitrogen and oxygen atoms in total. The van der Waals surface area contributed by atoms with Crippen molar-refractivity contribution in [3.05, 3.63) is 24.3 Å².